The van der Waals surface area contributed by atoms with Crippen molar-refractivity contribution in [1.82, 2.24) is 0 Å². The number of aliphatic hydroxyl groups excluding tert-OH is 1. The van der Waals surface area contributed by atoms with Crippen LogP contribution in [0.4, 0.5) is 0 Å². The third-order valence-corrected chi connectivity index (χ3v) is 8.16. The summed E-state index contributed by atoms with van der Waals surface area (Å²) in [4.78, 5) is 17.1. The van der Waals surface area contributed by atoms with Gasteiger partial charge in [0.05, 0.1) is 12.7 Å². The van der Waals surface area contributed by atoms with Crippen molar-refractivity contribution in [1.29, 1.82) is 0 Å². The summed E-state index contributed by atoms with van der Waals surface area (Å²) in [5, 5.41) is 10.1. The fraction of sp³-hybridized carbons (Fsp3) is 0.727. The van der Waals surface area contributed by atoms with Crippen LogP contribution >= 0.6 is 0 Å². The van der Waals surface area contributed by atoms with Crippen LogP contribution in [0.3, 0.4) is 0 Å². The molecule has 4 rings (SSSR count). The van der Waals surface area contributed by atoms with Gasteiger partial charge < -0.3 is 5.11 Å². The first kappa shape index (κ1) is 17.0. The first-order chi connectivity index (χ1) is 11.8. The van der Waals surface area contributed by atoms with E-state index in [4.69, 9.17) is 6.57 Å². The van der Waals surface area contributed by atoms with E-state index in [2.05, 4.69) is 24.8 Å². The molecule has 0 aromatic heterocycles. The van der Waals surface area contributed by atoms with E-state index < -0.39 is 0 Å². The van der Waals surface area contributed by atoms with Crippen LogP contribution in [0, 0.1) is 35.2 Å². The number of fused-ring (bicyclic) bond motifs is 5. The lowest BCUT2D eigenvalue weighted by atomic mass is 9.47. The zero-order valence-corrected chi connectivity index (χ0v) is 15.6. The third kappa shape index (κ3) is 2.23. The molecule has 3 fully saturated rings. The van der Waals surface area contributed by atoms with Gasteiger partial charge in [-0.1, -0.05) is 31.1 Å². The van der Waals surface area contributed by atoms with Gasteiger partial charge >= 0.3 is 0 Å². The zero-order chi connectivity index (χ0) is 18.0. The molecular formula is C22H29NO2. The summed E-state index contributed by atoms with van der Waals surface area (Å²) in [5.41, 5.74) is 3.23. The molecule has 0 radical (unpaired) electrons. The second kappa shape index (κ2) is 5.55. The fourth-order valence-electron chi connectivity index (χ4n) is 6.95. The smallest absolute Gasteiger partial charge is 0.162 e. The molecule has 4 aliphatic carbocycles. The predicted octanol–water partition coefficient (Wildman–Crippen LogP) is 4.68. The molecule has 4 aliphatic rings. The van der Waals surface area contributed by atoms with E-state index in [1.165, 1.54) is 11.1 Å². The standard InChI is InChI=1S/C22H29NO2/c1-13(23-4)17-7-8-18-16-6-5-14-11-15(24)9-10-21(14,2)20(16)19(25)12-22(17,18)3/h5,15-16,18,20,24H,6-12H2,1-3H3/b17-13-/t15-,16+,18+,20-,21+,22-/m1/s1. The van der Waals surface area contributed by atoms with E-state index in [0.717, 1.165) is 44.2 Å². The molecule has 0 saturated heterocycles. The van der Waals surface area contributed by atoms with Crippen LogP contribution in [0.15, 0.2) is 22.9 Å². The normalized spacial score (nSPS) is 48.0. The quantitative estimate of drug-likeness (QED) is 0.514. The van der Waals surface area contributed by atoms with Gasteiger partial charge in [-0.25, -0.2) is 4.85 Å². The van der Waals surface area contributed by atoms with Crippen molar-refractivity contribution < 1.29 is 9.90 Å². The van der Waals surface area contributed by atoms with Crippen LogP contribution < -0.4 is 0 Å². The first-order valence-corrected chi connectivity index (χ1v) is 9.79. The number of hydrogen-bond donors (Lipinski definition) is 1. The molecule has 0 spiro atoms. The number of aliphatic hydroxyl groups is 1. The van der Waals surface area contributed by atoms with Crippen molar-refractivity contribution in [2.75, 3.05) is 0 Å². The van der Waals surface area contributed by atoms with Crippen LogP contribution in [0.2, 0.25) is 0 Å². The summed E-state index contributed by atoms with van der Waals surface area (Å²) in [5.74, 6) is 1.45. The Morgan fingerprint density at radius 3 is 2.80 bits per heavy atom. The molecule has 3 heteroatoms. The highest BCUT2D eigenvalue weighted by molar-refractivity contribution is 5.85. The van der Waals surface area contributed by atoms with Crippen LogP contribution in [0.1, 0.15) is 65.7 Å². The maximum absolute atomic E-state index is 13.4. The minimum Gasteiger partial charge on any atom is -0.393 e. The predicted molar refractivity (Wildman–Crippen MR) is 97.4 cm³/mol. The van der Waals surface area contributed by atoms with Gasteiger partial charge in [0, 0.05) is 12.3 Å². The Labute approximate surface area is 151 Å². The zero-order valence-electron chi connectivity index (χ0n) is 15.6. The Hall–Kier alpha value is -1.40. The summed E-state index contributed by atoms with van der Waals surface area (Å²) in [6.45, 7) is 13.9. The second-order valence-electron chi connectivity index (χ2n) is 9.30. The van der Waals surface area contributed by atoms with Crippen LogP contribution in [-0.2, 0) is 4.79 Å². The van der Waals surface area contributed by atoms with Crippen LogP contribution in [0.25, 0.3) is 4.85 Å². The van der Waals surface area contributed by atoms with Gasteiger partial charge in [0.1, 0.15) is 5.78 Å². The number of rotatable bonds is 0. The van der Waals surface area contributed by atoms with Gasteiger partial charge in [0.25, 0.3) is 0 Å². The lowest BCUT2D eigenvalue weighted by Crippen LogP contribution is -2.54. The third-order valence-electron chi connectivity index (χ3n) is 8.16. The molecule has 0 aromatic carbocycles. The van der Waals surface area contributed by atoms with Crippen LogP contribution in [0.5, 0.6) is 0 Å². The highest BCUT2D eigenvalue weighted by Crippen LogP contribution is 2.65. The molecule has 0 unspecified atom stereocenters. The summed E-state index contributed by atoms with van der Waals surface area (Å²) in [6.07, 6.45) is 8.29. The minimum absolute atomic E-state index is 0.0537. The maximum Gasteiger partial charge on any atom is 0.162 e. The lowest BCUT2D eigenvalue weighted by Gasteiger charge is -2.56. The summed E-state index contributed by atoms with van der Waals surface area (Å²) >= 11 is 0. The molecule has 6 atom stereocenters. The number of carbonyl (C=O) groups is 1. The van der Waals surface area contributed by atoms with Crippen molar-refractivity contribution >= 4 is 5.78 Å². The molecule has 134 valence electrons. The van der Waals surface area contributed by atoms with E-state index in [9.17, 15) is 9.90 Å². The van der Waals surface area contributed by atoms with Gasteiger partial charge in [-0.05, 0) is 68.1 Å². The molecule has 0 aromatic rings. The highest BCUT2D eigenvalue weighted by atomic mass is 16.3. The molecule has 0 bridgehead atoms. The molecule has 25 heavy (non-hydrogen) atoms. The van der Waals surface area contributed by atoms with E-state index in [0.29, 0.717) is 24.0 Å². The monoisotopic (exact) mass is 339 g/mol. The average molecular weight is 339 g/mol. The summed E-state index contributed by atoms with van der Waals surface area (Å²) in [6, 6.07) is 0. The summed E-state index contributed by atoms with van der Waals surface area (Å²) in [7, 11) is 0. The molecule has 0 heterocycles. The van der Waals surface area contributed by atoms with Gasteiger partial charge in [-0.2, -0.15) is 0 Å². The van der Waals surface area contributed by atoms with Gasteiger partial charge in [0.15, 0.2) is 5.70 Å². The lowest BCUT2D eigenvalue weighted by molar-refractivity contribution is -0.141. The van der Waals surface area contributed by atoms with Gasteiger partial charge in [-0.15, -0.1) is 0 Å². The molecule has 3 nitrogen and oxygen atoms in total. The van der Waals surface area contributed by atoms with Crippen molar-refractivity contribution in [3.63, 3.8) is 0 Å². The number of ketones is 1. The van der Waals surface area contributed by atoms with Crippen molar-refractivity contribution in [2.24, 2.45) is 28.6 Å². The van der Waals surface area contributed by atoms with Crippen molar-refractivity contribution in [2.45, 2.75) is 71.8 Å². The maximum atomic E-state index is 13.4. The van der Waals surface area contributed by atoms with E-state index in [1.807, 2.05) is 6.92 Å². The topological polar surface area (TPSA) is 41.7 Å². The number of allylic oxidation sites excluding steroid dienone is 3. The average Bonchev–Trinajstić information content (AvgIpc) is 2.91. The summed E-state index contributed by atoms with van der Waals surface area (Å²) < 4.78 is 0. The number of Topliss-reactive ketones (excluding diaryl/α,β-unsaturated/α-hetero) is 1. The number of nitrogens with zero attached hydrogens (tertiary/aromatic N) is 1. The van der Waals surface area contributed by atoms with Crippen molar-refractivity contribution in [3.05, 3.63) is 34.3 Å². The molecular weight excluding hydrogens is 310 g/mol. The second-order valence-corrected chi connectivity index (χ2v) is 9.30. The Morgan fingerprint density at radius 1 is 1.32 bits per heavy atom. The van der Waals surface area contributed by atoms with E-state index >= 15 is 0 Å². The highest BCUT2D eigenvalue weighted by Gasteiger charge is 2.60. The van der Waals surface area contributed by atoms with Gasteiger partial charge in [-0.3, -0.25) is 4.79 Å². The van der Waals surface area contributed by atoms with Crippen molar-refractivity contribution in [3.8, 4) is 0 Å². The Morgan fingerprint density at radius 2 is 2.08 bits per heavy atom. The fourth-order valence-corrected chi connectivity index (χ4v) is 6.95. The number of hydrogen-bond acceptors (Lipinski definition) is 2. The van der Waals surface area contributed by atoms with E-state index in [-0.39, 0.29) is 22.9 Å². The van der Waals surface area contributed by atoms with Gasteiger partial charge in [0.2, 0.25) is 0 Å². The minimum atomic E-state index is -0.234. The first-order valence-electron chi connectivity index (χ1n) is 9.79. The largest absolute Gasteiger partial charge is 0.393 e. The van der Waals surface area contributed by atoms with Crippen LogP contribution in [-0.4, -0.2) is 17.0 Å². The van der Waals surface area contributed by atoms with E-state index in [1.54, 1.807) is 0 Å². The Kier molecular flexibility index (Phi) is 3.78. The molecule has 3 saturated carbocycles. The number of carbonyl (C=O) groups excluding carboxylic acids is 1. The molecule has 0 amide bonds. The molecule has 0 aliphatic heterocycles. The SMILES string of the molecule is [C-]#[N+]/C(C)=C1/CC[C@H]2[C@@H]3CC=C4C[C@H](O)CC[C@]4(C)[C@H]3C(=O)C[C@]12C. The Bertz CT molecular complexity index is 727. The Balaban J connectivity index is 1.76. The molecule has 1 N–H and O–H groups in total.